The van der Waals surface area contributed by atoms with E-state index in [1.807, 2.05) is 0 Å². The zero-order valence-corrected chi connectivity index (χ0v) is 14.2. The van der Waals surface area contributed by atoms with E-state index in [9.17, 15) is 5.26 Å². The number of nitrogens with zero attached hydrogens (tertiary/aromatic N) is 3. The highest BCUT2D eigenvalue weighted by molar-refractivity contribution is 5.66. The minimum absolute atomic E-state index is 0.131. The largest absolute Gasteiger partial charge is 0.396 e. The SMILES string of the molecule is CCCCNc1nc(NCCCO)c(C#N)c2c1CN(C)CC2. The fourth-order valence-corrected chi connectivity index (χ4v) is 2.83. The number of anilines is 2. The Morgan fingerprint density at radius 1 is 1.22 bits per heavy atom. The molecule has 2 rings (SSSR count). The summed E-state index contributed by atoms with van der Waals surface area (Å²) in [6.45, 7) is 5.58. The Balaban J connectivity index is 2.35. The first-order chi connectivity index (χ1) is 11.2. The van der Waals surface area contributed by atoms with E-state index in [4.69, 9.17) is 5.11 Å². The highest BCUT2D eigenvalue weighted by Gasteiger charge is 2.24. The Kier molecular flexibility index (Phi) is 6.63. The summed E-state index contributed by atoms with van der Waals surface area (Å²) in [4.78, 5) is 6.94. The summed E-state index contributed by atoms with van der Waals surface area (Å²) in [5.74, 6) is 1.54. The van der Waals surface area contributed by atoms with Gasteiger partial charge in [0.15, 0.2) is 0 Å². The van der Waals surface area contributed by atoms with Gasteiger partial charge in [-0.05, 0) is 31.9 Å². The molecular formula is C17H27N5O. The highest BCUT2D eigenvalue weighted by atomic mass is 16.3. The van der Waals surface area contributed by atoms with Crippen molar-refractivity contribution in [1.29, 1.82) is 5.26 Å². The van der Waals surface area contributed by atoms with E-state index < -0.39 is 0 Å². The van der Waals surface area contributed by atoms with Crippen molar-refractivity contribution in [3.05, 3.63) is 16.7 Å². The molecule has 1 aliphatic heterocycles. The predicted molar refractivity (Wildman–Crippen MR) is 92.6 cm³/mol. The summed E-state index contributed by atoms with van der Waals surface area (Å²) in [6, 6.07) is 2.33. The summed E-state index contributed by atoms with van der Waals surface area (Å²) < 4.78 is 0. The van der Waals surface area contributed by atoms with Gasteiger partial charge in [-0.25, -0.2) is 4.98 Å². The van der Waals surface area contributed by atoms with Crippen LogP contribution in [0.3, 0.4) is 0 Å². The van der Waals surface area contributed by atoms with E-state index in [-0.39, 0.29) is 6.61 Å². The van der Waals surface area contributed by atoms with Crippen molar-refractivity contribution in [2.45, 2.75) is 39.2 Å². The molecule has 0 aliphatic carbocycles. The lowest BCUT2D eigenvalue weighted by molar-refractivity contribution is 0.292. The van der Waals surface area contributed by atoms with Crippen LogP contribution in [0.1, 0.15) is 42.9 Å². The molecule has 1 aliphatic rings. The van der Waals surface area contributed by atoms with Gasteiger partial charge < -0.3 is 20.6 Å². The van der Waals surface area contributed by atoms with E-state index in [0.29, 0.717) is 24.3 Å². The number of fused-ring (bicyclic) bond motifs is 1. The third kappa shape index (κ3) is 4.34. The van der Waals surface area contributed by atoms with Crippen LogP contribution >= 0.6 is 0 Å². The molecule has 2 heterocycles. The summed E-state index contributed by atoms with van der Waals surface area (Å²) in [7, 11) is 2.10. The molecule has 0 unspecified atom stereocenters. The van der Waals surface area contributed by atoms with E-state index in [1.165, 1.54) is 0 Å². The standard InChI is InChI=1S/C17H27N5O/c1-3-4-7-19-17-15-12-22(2)9-6-13(15)14(11-18)16(21-17)20-8-5-10-23/h23H,3-10,12H2,1-2H3,(H2,19,20,21). The van der Waals surface area contributed by atoms with E-state index in [0.717, 1.165) is 55.8 Å². The van der Waals surface area contributed by atoms with E-state index >= 15 is 0 Å². The Bertz CT molecular complexity index is 567. The average molecular weight is 317 g/mol. The van der Waals surface area contributed by atoms with Gasteiger partial charge in [0.05, 0.1) is 5.56 Å². The number of hydrogen-bond acceptors (Lipinski definition) is 6. The first-order valence-corrected chi connectivity index (χ1v) is 8.44. The van der Waals surface area contributed by atoms with Gasteiger partial charge in [0.1, 0.15) is 17.7 Å². The molecule has 0 amide bonds. The average Bonchev–Trinajstić information content (AvgIpc) is 2.55. The number of unbranched alkanes of at least 4 members (excludes halogenated alkanes) is 1. The molecule has 0 saturated carbocycles. The fraction of sp³-hybridized carbons (Fsp3) is 0.647. The van der Waals surface area contributed by atoms with Crippen LogP contribution < -0.4 is 10.6 Å². The van der Waals surface area contributed by atoms with Crippen LogP contribution in [-0.4, -0.2) is 48.3 Å². The maximum atomic E-state index is 9.59. The second-order valence-corrected chi connectivity index (χ2v) is 6.02. The summed E-state index contributed by atoms with van der Waals surface area (Å²) >= 11 is 0. The highest BCUT2D eigenvalue weighted by Crippen LogP contribution is 2.31. The molecule has 0 radical (unpaired) electrons. The van der Waals surface area contributed by atoms with Gasteiger partial charge in [0.2, 0.25) is 0 Å². The number of nitriles is 1. The van der Waals surface area contributed by atoms with Gasteiger partial charge in [-0.3, -0.25) is 0 Å². The van der Waals surface area contributed by atoms with Gasteiger partial charge in [-0.2, -0.15) is 5.26 Å². The van der Waals surface area contributed by atoms with Gasteiger partial charge in [-0.1, -0.05) is 13.3 Å². The zero-order valence-electron chi connectivity index (χ0n) is 14.2. The molecule has 3 N–H and O–H groups in total. The molecule has 126 valence electrons. The number of aliphatic hydroxyl groups is 1. The van der Waals surface area contributed by atoms with Crippen LogP contribution in [0.4, 0.5) is 11.6 Å². The van der Waals surface area contributed by atoms with E-state index in [1.54, 1.807) is 0 Å². The third-order valence-corrected chi connectivity index (χ3v) is 4.15. The molecule has 6 heteroatoms. The van der Waals surface area contributed by atoms with Crippen molar-refractivity contribution in [3.8, 4) is 6.07 Å². The van der Waals surface area contributed by atoms with Crippen LogP contribution in [0, 0.1) is 11.3 Å². The Hall–Kier alpha value is -1.84. The molecular weight excluding hydrogens is 290 g/mol. The maximum Gasteiger partial charge on any atom is 0.146 e. The summed E-state index contributed by atoms with van der Waals surface area (Å²) in [6.07, 6.45) is 3.74. The Morgan fingerprint density at radius 2 is 1.96 bits per heavy atom. The summed E-state index contributed by atoms with van der Waals surface area (Å²) in [5.41, 5.74) is 2.93. The van der Waals surface area contributed by atoms with Gasteiger partial charge in [-0.15, -0.1) is 0 Å². The number of aliphatic hydroxyl groups excluding tert-OH is 1. The normalized spacial score (nSPS) is 14.2. The Labute approximate surface area is 138 Å². The number of hydrogen-bond donors (Lipinski definition) is 3. The van der Waals surface area contributed by atoms with Crippen molar-refractivity contribution in [1.82, 2.24) is 9.88 Å². The van der Waals surface area contributed by atoms with Crippen LogP contribution in [0.25, 0.3) is 0 Å². The molecule has 0 saturated heterocycles. The summed E-state index contributed by atoms with van der Waals surface area (Å²) in [5, 5.41) is 25.2. The van der Waals surface area contributed by atoms with Crippen molar-refractivity contribution in [2.24, 2.45) is 0 Å². The quantitative estimate of drug-likeness (QED) is 0.636. The molecule has 1 aromatic rings. The topological polar surface area (TPSA) is 84.2 Å². The first-order valence-electron chi connectivity index (χ1n) is 8.44. The van der Waals surface area contributed by atoms with Crippen LogP contribution in [0.2, 0.25) is 0 Å². The molecule has 1 aromatic heterocycles. The van der Waals surface area contributed by atoms with Gasteiger partial charge in [0.25, 0.3) is 0 Å². The van der Waals surface area contributed by atoms with Crippen molar-refractivity contribution in [2.75, 3.05) is 43.9 Å². The minimum Gasteiger partial charge on any atom is -0.396 e. The Morgan fingerprint density at radius 3 is 2.65 bits per heavy atom. The van der Waals surface area contributed by atoms with Crippen molar-refractivity contribution < 1.29 is 5.11 Å². The van der Waals surface area contributed by atoms with Crippen LogP contribution in [0.15, 0.2) is 0 Å². The monoisotopic (exact) mass is 317 g/mol. The van der Waals surface area contributed by atoms with Gasteiger partial charge in [0, 0.05) is 38.3 Å². The molecule has 0 bridgehead atoms. The number of rotatable bonds is 8. The lowest BCUT2D eigenvalue weighted by atomic mass is 9.96. The maximum absolute atomic E-state index is 9.59. The van der Waals surface area contributed by atoms with Crippen molar-refractivity contribution >= 4 is 11.6 Å². The third-order valence-electron chi connectivity index (χ3n) is 4.15. The van der Waals surface area contributed by atoms with Crippen LogP contribution in [-0.2, 0) is 13.0 Å². The number of aromatic nitrogens is 1. The number of likely N-dealkylation sites (N-methyl/N-ethyl adjacent to an activating group) is 1. The van der Waals surface area contributed by atoms with Gasteiger partial charge >= 0.3 is 0 Å². The van der Waals surface area contributed by atoms with Crippen LogP contribution in [0.5, 0.6) is 0 Å². The molecule has 0 atom stereocenters. The number of nitrogens with one attached hydrogen (secondary N) is 2. The molecule has 23 heavy (non-hydrogen) atoms. The van der Waals surface area contributed by atoms with E-state index in [2.05, 4.69) is 40.6 Å². The minimum atomic E-state index is 0.131. The predicted octanol–water partition coefficient (Wildman–Crippen LogP) is 1.95. The molecule has 0 aromatic carbocycles. The molecule has 0 spiro atoms. The smallest absolute Gasteiger partial charge is 0.146 e. The second-order valence-electron chi connectivity index (χ2n) is 6.02. The zero-order chi connectivity index (χ0) is 16.7. The lowest BCUT2D eigenvalue weighted by Crippen LogP contribution is -2.29. The fourth-order valence-electron chi connectivity index (χ4n) is 2.83. The first kappa shape index (κ1) is 17.5. The number of pyridine rings is 1. The second kappa shape index (κ2) is 8.70. The molecule has 6 nitrogen and oxygen atoms in total. The lowest BCUT2D eigenvalue weighted by Gasteiger charge is -2.28. The molecule has 0 fully saturated rings. The van der Waals surface area contributed by atoms with Crippen molar-refractivity contribution in [3.63, 3.8) is 0 Å².